The van der Waals surface area contributed by atoms with Crippen molar-refractivity contribution in [2.45, 2.75) is 25.8 Å². The first-order valence-corrected chi connectivity index (χ1v) is 11.1. The summed E-state index contributed by atoms with van der Waals surface area (Å²) in [7, 11) is 1.79. The van der Waals surface area contributed by atoms with Gasteiger partial charge in [0.1, 0.15) is 0 Å². The van der Waals surface area contributed by atoms with Gasteiger partial charge in [0, 0.05) is 38.1 Å². The lowest BCUT2D eigenvalue weighted by atomic mass is 10.0. The maximum absolute atomic E-state index is 12.7. The molecule has 5 nitrogen and oxygen atoms in total. The van der Waals surface area contributed by atoms with E-state index >= 15 is 0 Å². The molecule has 2 aliphatic heterocycles. The number of likely N-dealkylation sites (tertiary alicyclic amines) is 1. The van der Waals surface area contributed by atoms with Gasteiger partial charge in [-0.25, -0.2) is 0 Å². The quantitative estimate of drug-likeness (QED) is 0.626. The molecule has 1 fully saturated rings. The normalized spacial score (nSPS) is 17.1. The first-order valence-electron chi connectivity index (χ1n) is 10.3. The van der Waals surface area contributed by atoms with E-state index in [1.54, 1.807) is 18.4 Å². The number of piperidine rings is 1. The first kappa shape index (κ1) is 19.7. The Labute approximate surface area is 176 Å². The number of carbonyl (C=O) groups is 1. The van der Waals surface area contributed by atoms with E-state index in [2.05, 4.69) is 57.0 Å². The van der Waals surface area contributed by atoms with E-state index in [-0.39, 0.29) is 5.91 Å². The van der Waals surface area contributed by atoms with Gasteiger partial charge in [-0.2, -0.15) is 0 Å². The summed E-state index contributed by atoms with van der Waals surface area (Å²) < 4.78 is 0. The van der Waals surface area contributed by atoms with Gasteiger partial charge in [0.25, 0.3) is 0 Å². The molecule has 1 saturated heterocycles. The minimum atomic E-state index is 0.143. The lowest BCUT2D eigenvalue weighted by Crippen LogP contribution is -2.48. The standard InChI is InChI=1S/C23H28N4OS/c1-24-23(25-16-22(28)27-13-9-21-20(17-27)10-14-29-21)26-11-7-19(8-12-26)15-18-5-3-2-4-6-18/h2-6,10,14-15H,7-9,11-13,16-17H2,1H3,(H,24,25). The summed E-state index contributed by atoms with van der Waals surface area (Å²) >= 11 is 1.80. The van der Waals surface area contributed by atoms with Crippen LogP contribution in [0.1, 0.15) is 28.8 Å². The Bertz CT molecular complexity index is 893. The van der Waals surface area contributed by atoms with Crippen molar-refractivity contribution >= 4 is 29.3 Å². The second-order valence-electron chi connectivity index (χ2n) is 7.54. The summed E-state index contributed by atoms with van der Waals surface area (Å²) in [5.41, 5.74) is 4.03. The average Bonchev–Trinajstić information content (AvgIpc) is 3.24. The maximum atomic E-state index is 12.7. The predicted octanol–water partition coefficient (Wildman–Crippen LogP) is 3.39. The molecule has 4 rings (SSSR count). The van der Waals surface area contributed by atoms with E-state index in [4.69, 9.17) is 0 Å². The number of fused-ring (bicyclic) bond motifs is 1. The van der Waals surface area contributed by atoms with Crippen LogP contribution in [0.15, 0.2) is 52.3 Å². The molecular weight excluding hydrogens is 380 g/mol. The molecule has 2 aliphatic rings. The fraction of sp³-hybridized carbons (Fsp3) is 0.391. The van der Waals surface area contributed by atoms with Crippen molar-refractivity contribution < 1.29 is 4.79 Å². The van der Waals surface area contributed by atoms with E-state index in [0.29, 0.717) is 6.54 Å². The van der Waals surface area contributed by atoms with Crippen LogP contribution in [0.2, 0.25) is 0 Å². The van der Waals surface area contributed by atoms with Crippen LogP contribution in [0.3, 0.4) is 0 Å². The van der Waals surface area contributed by atoms with Crippen molar-refractivity contribution in [2.24, 2.45) is 4.99 Å². The average molecular weight is 409 g/mol. The molecule has 29 heavy (non-hydrogen) atoms. The Kier molecular flexibility index (Phi) is 6.30. The van der Waals surface area contributed by atoms with Gasteiger partial charge in [-0.15, -0.1) is 11.3 Å². The maximum Gasteiger partial charge on any atom is 0.242 e. The minimum absolute atomic E-state index is 0.143. The van der Waals surface area contributed by atoms with Gasteiger partial charge in [-0.3, -0.25) is 9.79 Å². The second-order valence-corrected chi connectivity index (χ2v) is 8.54. The third-order valence-electron chi connectivity index (χ3n) is 5.65. The van der Waals surface area contributed by atoms with Crippen LogP contribution < -0.4 is 5.32 Å². The molecule has 0 unspecified atom stereocenters. The van der Waals surface area contributed by atoms with E-state index in [9.17, 15) is 4.79 Å². The van der Waals surface area contributed by atoms with Gasteiger partial charge >= 0.3 is 0 Å². The molecule has 1 aromatic heterocycles. The monoisotopic (exact) mass is 408 g/mol. The number of aliphatic imine (C=N–C) groups is 1. The number of hydrogen-bond acceptors (Lipinski definition) is 3. The Hall–Kier alpha value is -2.60. The van der Waals surface area contributed by atoms with Crippen molar-refractivity contribution in [1.82, 2.24) is 15.1 Å². The zero-order valence-electron chi connectivity index (χ0n) is 16.9. The third kappa shape index (κ3) is 4.88. The number of hydrogen-bond donors (Lipinski definition) is 1. The zero-order chi connectivity index (χ0) is 20.1. The SMILES string of the molecule is CN=C(NCC(=O)N1CCc2sccc2C1)N1CCC(=Cc2ccccc2)CC1. The van der Waals surface area contributed by atoms with E-state index in [0.717, 1.165) is 51.4 Å². The van der Waals surface area contributed by atoms with Gasteiger partial charge in [0.2, 0.25) is 5.91 Å². The van der Waals surface area contributed by atoms with E-state index < -0.39 is 0 Å². The van der Waals surface area contributed by atoms with Crippen LogP contribution in [-0.4, -0.2) is 54.9 Å². The number of thiophene rings is 1. The number of amides is 1. The molecule has 0 spiro atoms. The highest BCUT2D eigenvalue weighted by Crippen LogP contribution is 2.24. The lowest BCUT2D eigenvalue weighted by molar-refractivity contribution is -0.130. The van der Waals surface area contributed by atoms with Crippen LogP contribution in [-0.2, 0) is 17.8 Å². The number of rotatable bonds is 3. The van der Waals surface area contributed by atoms with Gasteiger partial charge in [-0.05, 0) is 41.8 Å². The Morgan fingerprint density at radius 2 is 1.86 bits per heavy atom. The Morgan fingerprint density at radius 3 is 2.62 bits per heavy atom. The summed E-state index contributed by atoms with van der Waals surface area (Å²) in [5, 5.41) is 5.41. The number of benzene rings is 1. The van der Waals surface area contributed by atoms with Crippen molar-refractivity contribution in [2.75, 3.05) is 33.2 Å². The molecule has 1 amide bonds. The van der Waals surface area contributed by atoms with Crippen molar-refractivity contribution in [1.29, 1.82) is 0 Å². The smallest absolute Gasteiger partial charge is 0.242 e. The summed E-state index contributed by atoms with van der Waals surface area (Å²) in [6.45, 7) is 3.69. The van der Waals surface area contributed by atoms with Gasteiger partial charge < -0.3 is 15.1 Å². The van der Waals surface area contributed by atoms with Gasteiger partial charge in [-0.1, -0.05) is 42.0 Å². The van der Waals surface area contributed by atoms with Crippen LogP contribution >= 0.6 is 11.3 Å². The molecule has 152 valence electrons. The molecule has 0 radical (unpaired) electrons. The Morgan fingerprint density at radius 1 is 1.10 bits per heavy atom. The molecule has 6 heteroatoms. The molecule has 3 heterocycles. The highest BCUT2D eigenvalue weighted by molar-refractivity contribution is 7.10. The van der Waals surface area contributed by atoms with Crippen molar-refractivity contribution in [3.63, 3.8) is 0 Å². The number of carbonyl (C=O) groups excluding carboxylic acids is 1. The van der Waals surface area contributed by atoms with E-state index in [1.165, 1.54) is 21.6 Å². The highest BCUT2D eigenvalue weighted by Gasteiger charge is 2.23. The number of nitrogens with zero attached hydrogens (tertiary/aromatic N) is 3. The summed E-state index contributed by atoms with van der Waals surface area (Å²) in [4.78, 5) is 22.7. The Balaban J connectivity index is 1.27. The molecular formula is C23H28N4OS. The topological polar surface area (TPSA) is 47.9 Å². The van der Waals surface area contributed by atoms with Crippen molar-refractivity contribution in [3.8, 4) is 0 Å². The number of guanidine groups is 1. The van der Waals surface area contributed by atoms with Crippen LogP contribution in [0.25, 0.3) is 6.08 Å². The van der Waals surface area contributed by atoms with E-state index in [1.807, 2.05) is 11.0 Å². The van der Waals surface area contributed by atoms with Crippen molar-refractivity contribution in [3.05, 3.63) is 63.4 Å². The van der Waals surface area contributed by atoms with Crippen LogP contribution in [0.5, 0.6) is 0 Å². The summed E-state index contributed by atoms with van der Waals surface area (Å²) in [6, 6.07) is 12.6. The highest BCUT2D eigenvalue weighted by atomic mass is 32.1. The molecule has 2 aromatic rings. The summed E-state index contributed by atoms with van der Waals surface area (Å²) in [5.74, 6) is 0.968. The second kappa shape index (κ2) is 9.27. The largest absolute Gasteiger partial charge is 0.347 e. The molecule has 0 atom stereocenters. The van der Waals surface area contributed by atoms with Crippen LogP contribution in [0.4, 0.5) is 0 Å². The fourth-order valence-corrected chi connectivity index (χ4v) is 4.88. The number of nitrogens with one attached hydrogen (secondary N) is 1. The van der Waals surface area contributed by atoms with Gasteiger partial charge in [0.15, 0.2) is 5.96 Å². The molecule has 0 saturated carbocycles. The zero-order valence-corrected chi connectivity index (χ0v) is 17.8. The summed E-state index contributed by atoms with van der Waals surface area (Å²) in [6.07, 6.45) is 5.31. The van der Waals surface area contributed by atoms with Crippen LogP contribution in [0, 0.1) is 0 Å². The predicted molar refractivity (Wildman–Crippen MR) is 120 cm³/mol. The molecule has 0 aliphatic carbocycles. The third-order valence-corrected chi connectivity index (χ3v) is 6.67. The van der Waals surface area contributed by atoms with Gasteiger partial charge in [0.05, 0.1) is 6.54 Å². The molecule has 0 bridgehead atoms. The lowest BCUT2D eigenvalue weighted by Gasteiger charge is -2.32. The minimum Gasteiger partial charge on any atom is -0.347 e. The molecule has 1 aromatic carbocycles. The fourth-order valence-electron chi connectivity index (χ4n) is 4.00. The first-order chi connectivity index (χ1) is 14.2. The molecule has 1 N–H and O–H groups in total.